The Hall–Kier alpha value is -2.46. The molecule has 26 heavy (non-hydrogen) atoms. The fraction of sp³-hybridized carbons (Fsp3) is 0.217. The fourth-order valence-corrected chi connectivity index (χ4v) is 3.05. The summed E-state index contributed by atoms with van der Waals surface area (Å²) in [5.41, 5.74) is 4.86. The van der Waals surface area contributed by atoms with E-state index in [1.54, 1.807) is 14.2 Å². The Bertz CT molecular complexity index is 768. The van der Waals surface area contributed by atoms with Crippen LogP contribution in [0.2, 0.25) is 0 Å². The first kappa shape index (κ1) is 18.3. The normalized spacial score (nSPS) is 12.3. The lowest BCUT2D eigenvalue weighted by atomic mass is 9.96. The van der Waals surface area contributed by atoms with E-state index >= 15 is 0 Å². The molecule has 0 saturated carbocycles. The quantitative estimate of drug-likeness (QED) is 0.602. The monoisotopic (exact) mass is 347 g/mol. The second kappa shape index (κ2) is 9.30. The minimum Gasteiger partial charge on any atom is -0.355 e. The maximum Gasteiger partial charge on any atom is 0.169 e. The van der Waals surface area contributed by atoms with E-state index in [1.165, 1.54) is 22.3 Å². The first-order chi connectivity index (χ1) is 12.8. The van der Waals surface area contributed by atoms with Crippen LogP contribution in [-0.4, -0.2) is 27.1 Å². The molecule has 134 valence electrons. The number of hydrogen-bond donors (Lipinski definition) is 1. The molecule has 0 spiro atoms. The minimum atomic E-state index is -0.273. The summed E-state index contributed by atoms with van der Waals surface area (Å²) in [7, 11) is 3.31. The summed E-state index contributed by atoms with van der Waals surface area (Å²) in [6.07, 6.45) is -0.273. The Balaban J connectivity index is 1.84. The van der Waals surface area contributed by atoms with Crippen LogP contribution in [0.1, 0.15) is 17.2 Å². The molecule has 0 unspecified atom stereocenters. The van der Waals surface area contributed by atoms with Gasteiger partial charge in [0.2, 0.25) is 0 Å². The molecule has 3 aromatic carbocycles. The summed E-state index contributed by atoms with van der Waals surface area (Å²) in [5, 5.41) is 3.56. The first-order valence-electron chi connectivity index (χ1n) is 8.81. The molecule has 0 heterocycles. The smallest absolute Gasteiger partial charge is 0.169 e. The average molecular weight is 347 g/mol. The minimum absolute atomic E-state index is 0.0776. The van der Waals surface area contributed by atoms with Crippen molar-refractivity contribution in [1.82, 2.24) is 5.32 Å². The van der Waals surface area contributed by atoms with Crippen molar-refractivity contribution in [2.24, 2.45) is 0 Å². The molecule has 3 rings (SSSR count). The van der Waals surface area contributed by atoms with Crippen molar-refractivity contribution in [3.63, 3.8) is 0 Å². The average Bonchev–Trinajstić information content (AvgIpc) is 2.73. The molecule has 3 aromatic rings. The van der Waals surface area contributed by atoms with E-state index in [4.69, 9.17) is 9.47 Å². The van der Waals surface area contributed by atoms with Crippen molar-refractivity contribution in [3.8, 4) is 11.1 Å². The van der Waals surface area contributed by atoms with Crippen molar-refractivity contribution in [3.05, 3.63) is 96.1 Å². The molecule has 0 saturated heterocycles. The molecule has 3 nitrogen and oxygen atoms in total. The summed E-state index contributed by atoms with van der Waals surface area (Å²) < 4.78 is 10.6. The van der Waals surface area contributed by atoms with Crippen LogP contribution in [0, 0.1) is 0 Å². The van der Waals surface area contributed by atoms with Gasteiger partial charge in [-0.25, -0.2) is 0 Å². The van der Waals surface area contributed by atoms with Gasteiger partial charge < -0.3 is 14.8 Å². The van der Waals surface area contributed by atoms with E-state index in [-0.39, 0.29) is 12.3 Å². The molecule has 0 aliphatic rings. The molecule has 0 aliphatic carbocycles. The Morgan fingerprint density at radius 1 is 0.654 bits per heavy atom. The summed E-state index contributed by atoms with van der Waals surface area (Å²) in [6, 6.07) is 29.6. The predicted molar refractivity (Wildman–Crippen MR) is 106 cm³/mol. The van der Waals surface area contributed by atoms with Crippen molar-refractivity contribution in [2.75, 3.05) is 20.8 Å². The van der Waals surface area contributed by atoms with Crippen molar-refractivity contribution in [1.29, 1.82) is 0 Å². The van der Waals surface area contributed by atoms with Crippen molar-refractivity contribution in [2.45, 2.75) is 12.3 Å². The largest absolute Gasteiger partial charge is 0.355 e. The molecule has 0 amide bonds. The van der Waals surface area contributed by atoms with E-state index in [2.05, 4.69) is 78.1 Å². The highest BCUT2D eigenvalue weighted by atomic mass is 16.7. The topological polar surface area (TPSA) is 30.5 Å². The zero-order valence-corrected chi connectivity index (χ0v) is 15.3. The summed E-state index contributed by atoms with van der Waals surface area (Å²) in [6.45, 7) is 0.604. The standard InChI is InChI=1S/C23H25NO2/c1-25-22(26-2)17-24-23(20-11-7-4-8-12-20)21-15-13-19(14-16-21)18-9-5-3-6-10-18/h3-16,22-24H,17H2,1-2H3/t23-/m0/s1. The molecule has 0 fully saturated rings. The van der Waals surface area contributed by atoms with Crippen LogP contribution in [0.4, 0.5) is 0 Å². The van der Waals surface area contributed by atoms with Gasteiger partial charge in [0, 0.05) is 20.8 Å². The zero-order chi connectivity index (χ0) is 18.2. The molecule has 0 aliphatic heterocycles. The van der Waals surface area contributed by atoms with Crippen molar-refractivity contribution < 1.29 is 9.47 Å². The van der Waals surface area contributed by atoms with Crippen LogP contribution in [0.15, 0.2) is 84.9 Å². The SMILES string of the molecule is COC(CN[C@@H](c1ccccc1)c1ccc(-c2ccccc2)cc1)OC. The number of nitrogens with one attached hydrogen (secondary N) is 1. The highest BCUT2D eigenvalue weighted by molar-refractivity contribution is 5.63. The highest BCUT2D eigenvalue weighted by Crippen LogP contribution is 2.25. The predicted octanol–water partition coefficient (Wildman–Crippen LogP) is 4.65. The summed E-state index contributed by atoms with van der Waals surface area (Å²) in [5.74, 6) is 0. The third-order valence-corrected chi connectivity index (χ3v) is 4.50. The van der Waals surface area contributed by atoms with Crippen LogP contribution < -0.4 is 5.32 Å². The molecular weight excluding hydrogens is 322 g/mol. The van der Waals surface area contributed by atoms with E-state index in [9.17, 15) is 0 Å². The lowest BCUT2D eigenvalue weighted by Gasteiger charge is -2.23. The molecule has 3 heteroatoms. The second-order valence-corrected chi connectivity index (χ2v) is 6.14. The number of benzene rings is 3. The summed E-state index contributed by atoms with van der Waals surface area (Å²) >= 11 is 0. The number of ether oxygens (including phenoxy) is 2. The van der Waals surface area contributed by atoms with Gasteiger partial charge in [-0.3, -0.25) is 0 Å². The fourth-order valence-electron chi connectivity index (χ4n) is 3.05. The van der Waals surface area contributed by atoms with Crippen LogP contribution >= 0.6 is 0 Å². The van der Waals surface area contributed by atoms with E-state index < -0.39 is 0 Å². The van der Waals surface area contributed by atoms with E-state index in [0.717, 1.165) is 0 Å². The Kier molecular flexibility index (Phi) is 6.56. The van der Waals surface area contributed by atoms with Gasteiger partial charge in [0.25, 0.3) is 0 Å². The summed E-state index contributed by atoms with van der Waals surface area (Å²) in [4.78, 5) is 0. The van der Waals surface area contributed by atoms with Crippen LogP contribution in [0.5, 0.6) is 0 Å². The maximum absolute atomic E-state index is 5.31. The van der Waals surface area contributed by atoms with Crippen LogP contribution in [0.25, 0.3) is 11.1 Å². The molecule has 0 aromatic heterocycles. The van der Waals surface area contributed by atoms with Gasteiger partial charge in [-0.15, -0.1) is 0 Å². The first-order valence-corrected chi connectivity index (χ1v) is 8.81. The molecular formula is C23H25NO2. The number of methoxy groups -OCH3 is 2. The Morgan fingerprint density at radius 3 is 1.73 bits per heavy atom. The van der Waals surface area contributed by atoms with Gasteiger partial charge >= 0.3 is 0 Å². The lowest BCUT2D eigenvalue weighted by molar-refractivity contribution is -0.0995. The van der Waals surface area contributed by atoms with Gasteiger partial charge in [-0.05, 0) is 22.3 Å². The van der Waals surface area contributed by atoms with Gasteiger partial charge in [-0.2, -0.15) is 0 Å². The third-order valence-electron chi connectivity index (χ3n) is 4.50. The Labute approximate surface area is 155 Å². The lowest BCUT2D eigenvalue weighted by Crippen LogP contribution is -2.33. The molecule has 1 N–H and O–H groups in total. The number of rotatable bonds is 8. The molecule has 1 atom stereocenters. The maximum atomic E-state index is 5.31. The highest BCUT2D eigenvalue weighted by Gasteiger charge is 2.16. The molecule has 0 bridgehead atoms. The van der Waals surface area contributed by atoms with Crippen LogP contribution in [0.3, 0.4) is 0 Å². The second-order valence-electron chi connectivity index (χ2n) is 6.14. The van der Waals surface area contributed by atoms with E-state index in [1.807, 2.05) is 12.1 Å². The van der Waals surface area contributed by atoms with E-state index in [0.29, 0.717) is 6.54 Å². The van der Waals surface area contributed by atoms with Gasteiger partial charge in [0.05, 0.1) is 6.04 Å². The van der Waals surface area contributed by atoms with Gasteiger partial charge in [0.1, 0.15) is 0 Å². The molecule has 0 radical (unpaired) electrons. The van der Waals surface area contributed by atoms with Gasteiger partial charge in [0.15, 0.2) is 6.29 Å². The Morgan fingerprint density at radius 2 is 1.15 bits per heavy atom. The third kappa shape index (κ3) is 4.58. The van der Waals surface area contributed by atoms with Crippen LogP contribution in [-0.2, 0) is 9.47 Å². The number of hydrogen-bond acceptors (Lipinski definition) is 3. The van der Waals surface area contributed by atoms with Gasteiger partial charge in [-0.1, -0.05) is 84.9 Å². The van der Waals surface area contributed by atoms with Crippen molar-refractivity contribution >= 4 is 0 Å². The zero-order valence-electron chi connectivity index (χ0n) is 15.3.